The summed E-state index contributed by atoms with van der Waals surface area (Å²) in [7, 11) is 1.79. The number of aliphatic hydroxyl groups is 1. The molecule has 0 aliphatic carbocycles. The van der Waals surface area contributed by atoms with E-state index in [2.05, 4.69) is 15.5 Å². The number of aromatic nitrogens is 4. The summed E-state index contributed by atoms with van der Waals surface area (Å²) in [5.41, 5.74) is 1.22. The van der Waals surface area contributed by atoms with Crippen molar-refractivity contribution >= 4 is 32.5 Å². The summed E-state index contributed by atoms with van der Waals surface area (Å²) >= 11 is 1.54. The van der Waals surface area contributed by atoms with Crippen LogP contribution < -0.4 is 5.32 Å². The van der Waals surface area contributed by atoms with Crippen molar-refractivity contribution < 1.29 is 9.50 Å². The summed E-state index contributed by atoms with van der Waals surface area (Å²) in [6.07, 6.45) is 4.22. The van der Waals surface area contributed by atoms with Crippen LogP contribution in [0.1, 0.15) is 12.5 Å². The average molecular weight is 371 g/mol. The minimum atomic E-state index is -0.431. The number of aliphatic hydroxyl groups excluding tert-OH is 1. The first kappa shape index (κ1) is 15.9. The van der Waals surface area contributed by atoms with E-state index in [4.69, 9.17) is 0 Å². The second kappa shape index (κ2) is 5.87. The molecular weight excluding hydrogens is 353 g/mol. The van der Waals surface area contributed by atoms with Crippen LogP contribution in [0, 0.1) is 5.82 Å². The van der Waals surface area contributed by atoms with Gasteiger partial charge in [-0.1, -0.05) is 0 Å². The third-order valence-corrected chi connectivity index (χ3v) is 6.02. The van der Waals surface area contributed by atoms with E-state index >= 15 is 0 Å². The molecule has 4 aromatic rings. The Balaban J connectivity index is 1.53. The van der Waals surface area contributed by atoms with Gasteiger partial charge in [0, 0.05) is 41.6 Å². The van der Waals surface area contributed by atoms with Crippen LogP contribution in [0.3, 0.4) is 0 Å². The lowest BCUT2D eigenvalue weighted by Crippen LogP contribution is -2.41. The SMILES string of the molecule is Cn1cc2cc(-c3cc4cn(C5CCNCC5O)nc4s3)cc(F)c2n1. The minimum absolute atomic E-state index is 0.00323. The zero-order valence-corrected chi connectivity index (χ0v) is 15.0. The largest absolute Gasteiger partial charge is 0.390 e. The predicted octanol–water partition coefficient (Wildman–Crippen LogP) is 2.69. The second-order valence-corrected chi connectivity index (χ2v) is 7.84. The van der Waals surface area contributed by atoms with Gasteiger partial charge >= 0.3 is 0 Å². The molecule has 4 heterocycles. The number of thiophene rings is 1. The van der Waals surface area contributed by atoms with Crippen molar-refractivity contribution in [1.29, 1.82) is 0 Å². The molecule has 1 fully saturated rings. The standard InChI is InChI=1S/C18H18FN5OS/c1-23-8-11-4-10(5-13(19)17(11)21-23)16-6-12-9-24(22-18(12)26-16)14-2-3-20-7-15(14)25/h4-6,8-9,14-15,20,25H,2-3,7H2,1H3. The van der Waals surface area contributed by atoms with Gasteiger partial charge in [0.15, 0.2) is 5.82 Å². The predicted molar refractivity (Wildman–Crippen MR) is 99.8 cm³/mol. The molecule has 1 saturated heterocycles. The van der Waals surface area contributed by atoms with Crippen molar-refractivity contribution in [3.63, 3.8) is 0 Å². The third-order valence-electron chi connectivity index (χ3n) is 4.93. The van der Waals surface area contributed by atoms with Crippen molar-refractivity contribution in [2.24, 2.45) is 7.05 Å². The van der Waals surface area contributed by atoms with Gasteiger partial charge in [0.25, 0.3) is 0 Å². The number of nitrogens with one attached hydrogen (secondary N) is 1. The molecule has 1 aliphatic rings. The van der Waals surface area contributed by atoms with Crippen LogP contribution in [-0.4, -0.2) is 43.9 Å². The van der Waals surface area contributed by atoms with Crippen molar-refractivity contribution in [3.05, 3.63) is 36.4 Å². The second-order valence-electron chi connectivity index (χ2n) is 6.81. The van der Waals surface area contributed by atoms with Crippen LogP contribution in [0.2, 0.25) is 0 Å². The Kier molecular flexibility index (Phi) is 3.59. The lowest BCUT2D eigenvalue weighted by atomic mass is 10.0. The normalized spacial score (nSPS) is 21.0. The highest BCUT2D eigenvalue weighted by molar-refractivity contribution is 7.21. The number of rotatable bonds is 2. The van der Waals surface area contributed by atoms with Crippen LogP contribution >= 0.6 is 11.3 Å². The summed E-state index contributed by atoms with van der Waals surface area (Å²) in [6, 6.07) is 5.53. The fourth-order valence-electron chi connectivity index (χ4n) is 3.65. The maximum absolute atomic E-state index is 14.4. The van der Waals surface area contributed by atoms with Gasteiger partial charge < -0.3 is 10.4 Å². The molecule has 2 N–H and O–H groups in total. The van der Waals surface area contributed by atoms with Gasteiger partial charge in [-0.2, -0.15) is 10.2 Å². The highest BCUT2D eigenvalue weighted by atomic mass is 32.1. The Morgan fingerprint density at radius 2 is 2.12 bits per heavy atom. The van der Waals surface area contributed by atoms with Crippen molar-refractivity contribution in [2.75, 3.05) is 13.1 Å². The third kappa shape index (κ3) is 2.53. The Bertz CT molecular complexity index is 1080. The molecule has 0 bridgehead atoms. The first-order valence-corrected chi connectivity index (χ1v) is 9.41. The number of β-amino-alcohol motifs (C(OH)–C–C–N with tert-alkyl or cyclic N) is 1. The van der Waals surface area contributed by atoms with E-state index in [9.17, 15) is 9.50 Å². The molecule has 3 aromatic heterocycles. The Morgan fingerprint density at radius 1 is 1.23 bits per heavy atom. The molecule has 0 spiro atoms. The quantitative estimate of drug-likeness (QED) is 0.569. The first-order chi connectivity index (χ1) is 12.6. The molecule has 8 heteroatoms. The molecule has 1 aliphatic heterocycles. The number of fused-ring (bicyclic) bond motifs is 2. The maximum atomic E-state index is 14.4. The van der Waals surface area contributed by atoms with Crippen LogP contribution in [0.15, 0.2) is 30.6 Å². The number of nitrogens with zero attached hydrogens (tertiary/aromatic N) is 4. The summed E-state index contributed by atoms with van der Waals surface area (Å²) in [5.74, 6) is -0.313. The zero-order valence-electron chi connectivity index (χ0n) is 14.2. The van der Waals surface area contributed by atoms with E-state index < -0.39 is 6.10 Å². The summed E-state index contributed by atoms with van der Waals surface area (Å²) < 4.78 is 17.9. The van der Waals surface area contributed by atoms with Crippen molar-refractivity contribution in [2.45, 2.75) is 18.6 Å². The molecule has 1 aromatic carbocycles. The molecule has 0 amide bonds. The zero-order chi connectivity index (χ0) is 17.8. The number of halogens is 1. The van der Waals surface area contributed by atoms with Gasteiger partial charge in [-0.3, -0.25) is 9.36 Å². The summed E-state index contributed by atoms with van der Waals surface area (Å²) in [4.78, 5) is 1.88. The molecule has 6 nitrogen and oxygen atoms in total. The van der Waals surface area contributed by atoms with Gasteiger partial charge in [0.2, 0.25) is 0 Å². The van der Waals surface area contributed by atoms with E-state index in [1.807, 2.05) is 29.2 Å². The molecule has 134 valence electrons. The molecule has 26 heavy (non-hydrogen) atoms. The fraction of sp³-hybridized carbons (Fsp3) is 0.333. The van der Waals surface area contributed by atoms with Crippen molar-refractivity contribution in [3.8, 4) is 10.4 Å². The van der Waals surface area contributed by atoms with E-state index in [0.29, 0.717) is 12.1 Å². The first-order valence-electron chi connectivity index (χ1n) is 8.59. The van der Waals surface area contributed by atoms with Gasteiger partial charge in [0.1, 0.15) is 10.3 Å². The number of hydrogen-bond donors (Lipinski definition) is 2. The number of piperidine rings is 1. The maximum Gasteiger partial charge on any atom is 0.151 e. The Labute approximate surface area is 152 Å². The highest BCUT2D eigenvalue weighted by Crippen LogP contribution is 2.36. The van der Waals surface area contributed by atoms with Gasteiger partial charge in [0.05, 0.1) is 12.1 Å². The number of benzene rings is 1. The highest BCUT2D eigenvalue weighted by Gasteiger charge is 2.25. The minimum Gasteiger partial charge on any atom is -0.390 e. The lowest BCUT2D eigenvalue weighted by Gasteiger charge is -2.28. The van der Waals surface area contributed by atoms with E-state index in [-0.39, 0.29) is 11.9 Å². The van der Waals surface area contributed by atoms with Gasteiger partial charge in [-0.25, -0.2) is 4.39 Å². The van der Waals surface area contributed by atoms with Gasteiger partial charge in [-0.05, 0) is 36.7 Å². The molecule has 0 saturated carbocycles. The molecule has 5 rings (SSSR count). The number of aryl methyl sites for hydroxylation is 1. The monoisotopic (exact) mass is 371 g/mol. The van der Waals surface area contributed by atoms with E-state index in [0.717, 1.165) is 39.0 Å². The topological polar surface area (TPSA) is 67.9 Å². The summed E-state index contributed by atoms with van der Waals surface area (Å²) in [6.45, 7) is 1.47. The lowest BCUT2D eigenvalue weighted by molar-refractivity contribution is 0.0814. The van der Waals surface area contributed by atoms with Gasteiger partial charge in [-0.15, -0.1) is 11.3 Å². The Hall–Kier alpha value is -2.29. The summed E-state index contributed by atoms with van der Waals surface area (Å²) in [5, 5.41) is 24.0. The molecule has 0 radical (unpaired) electrons. The average Bonchev–Trinajstić information content (AvgIpc) is 3.27. The molecule has 2 atom stereocenters. The van der Waals surface area contributed by atoms with Crippen LogP contribution in [-0.2, 0) is 7.05 Å². The van der Waals surface area contributed by atoms with Crippen LogP contribution in [0.5, 0.6) is 0 Å². The molecular formula is C18H18FN5OS. The van der Waals surface area contributed by atoms with E-state index in [1.54, 1.807) is 11.7 Å². The smallest absolute Gasteiger partial charge is 0.151 e. The van der Waals surface area contributed by atoms with Crippen LogP contribution in [0.25, 0.3) is 31.6 Å². The van der Waals surface area contributed by atoms with Crippen LogP contribution in [0.4, 0.5) is 4.39 Å². The van der Waals surface area contributed by atoms with E-state index in [1.165, 1.54) is 17.4 Å². The Morgan fingerprint density at radius 3 is 2.92 bits per heavy atom. The fourth-order valence-corrected chi connectivity index (χ4v) is 4.64. The number of hydrogen-bond acceptors (Lipinski definition) is 5. The van der Waals surface area contributed by atoms with Crippen molar-refractivity contribution in [1.82, 2.24) is 24.9 Å². The molecule has 2 unspecified atom stereocenters.